The number of H-pyrrole nitrogens is 1. The summed E-state index contributed by atoms with van der Waals surface area (Å²) in [6.07, 6.45) is 5.77. The summed E-state index contributed by atoms with van der Waals surface area (Å²) in [5.74, 6) is 1.27. The Balaban J connectivity index is 1.35. The van der Waals surface area contributed by atoms with Crippen LogP contribution in [0, 0.1) is 23.2 Å². The fraction of sp³-hybridized carbons (Fsp3) is 0.400. The molecule has 26 heavy (non-hydrogen) atoms. The van der Waals surface area contributed by atoms with Gasteiger partial charge in [0.2, 0.25) is 11.8 Å². The lowest BCUT2D eigenvalue weighted by atomic mass is 9.71. The van der Waals surface area contributed by atoms with Crippen molar-refractivity contribution in [2.24, 2.45) is 23.2 Å². The zero-order chi connectivity index (χ0) is 17.9. The molecular weight excluding hydrogens is 328 g/mol. The average Bonchev–Trinajstić information content (AvgIpc) is 3.38. The van der Waals surface area contributed by atoms with E-state index in [-0.39, 0.29) is 36.1 Å². The Kier molecular flexibility index (Phi) is 3.20. The van der Waals surface area contributed by atoms with Gasteiger partial charge < -0.3 is 0 Å². The summed E-state index contributed by atoms with van der Waals surface area (Å²) in [4.78, 5) is 31.8. The van der Waals surface area contributed by atoms with E-state index in [0.717, 1.165) is 12.0 Å². The van der Waals surface area contributed by atoms with Crippen molar-refractivity contribution in [2.45, 2.75) is 26.3 Å². The molecule has 2 fully saturated rings. The standard InChI is InChI=1S/C20H20N4O2/c1-20-14-8-7-13(10-14)17(20)18(25)24(19(20)26)11-16-21-15(22-23-16)9-12-5-3-2-4-6-12/h2-8,13-14,17H,9-11H2,1H3,(H,21,22,23)/t13-,14+,17?,20?/m0/s1. The number of fused-ring (bicyclic) bond motifs is 5. The summed E-state index contributed by atoms with van der Waals surface area (Å²) in [5, 5.41) is 7.13. The van der Waals surface area contributed by atoms with Gasteiger partial charge in [0.05, 0.1) is 17.9 Å². The Bertz CT molecular complexity index is 919. The Hall–Kier alpha value is -2.76. The van der Waals surface area contributed by atoms with E-state index >= 15 is 0 Å². The van der Waals surface area contributed by atoms with Crippen molar-refractivity contribution in [3.63, 3.8) is 0 Å². The van der Waals surface area contributed by atoms with Gasteiger partial charge in [-0.2, -0.15) is 5.10 Å². The van der Waals surface area contributed by atoms with Crippen LogP contribution in [0.3, 0.4) is 0 Å². The van der Waals surface area contributed by atoms with Crippen LogP contribution in [0.5, 0.6) is 0 Å². The normalized spacial score (nSPS) is 31.9. The van der Waals surface area contributed by atoms with Gasteiger partial charge in [-0.05, 0) is 30.7 Å². The molecule has 1 aromatic heterocycles. The molecule has 3 aliphatic rings. The molecule has 2 aromatic rings. The van der Waals surface area contributed by atoms with Crippen LogP contribution in [0.4, 0.5) is 0 Å². The van der Waals surface area contributed by atoms with Gasteiger partial charge in [0.25, 0.3) is 0 Å². The monoisotopic (exact) mass is 348 g/mol. The van der Waals surface area contributed by atoms with Gasteiger partial charge in [-0.25, -0.2) is 4.98 Å². The molecule has 2 heterocycles. The summed E-state index contributed by atoms with van der Waals surface area (Å²) in [6.45, 7) is 2.12. The summed E-state index contributed by atoms with van der Waals surface area (Å²) in [7, 11) is 0. The predicted molar refractivity (Wildman–Crippen MR) is 93.5 cm³/mol. The number of hydrogen-bond donors (Lipinski definition) is 1. The second-order valence-electron chi connectivity index (χ2n) is 7.74. The van der Waals surface area contributed by atoms with Gasteiger partial charge in [0.15, 0.2) is 5.82 Å². The van der Waals surface area contributed by atoms with Crippen molar-refractivity contribution >= 4 is 11.8 Å². The molecular formula is C20H20N4O2. The Morgan fingerprint density at radius 1 is 1.23 bits per heavy atom. The minimum absolute atomic E-state index is 0.0599. The van der Waals surface area contributed by atoms with Crippen molar-refractivity contribution in [2.75, 3.05) is 0 Å². The number of aromatic amines is 1. The van der Waals surface area contributed by atoms with Crippen molar-refractivity contribution in [1.82, 2.24) is 20.1 Å². The van der Waals surface area contributed by atoms with Crippen molar-refractivity contribution in [3.8, 4) is 0 Å². The maximum atomic E-state index is 13.0. The number of imide groups is 1. The molecule has 0 spiro atoms. The molecule has 1 aliphatic heterocycles. The summed E-state index contributed by atoms with van der Waals surface area (Å²) >= 11 is 0. The molecule has 1 aromatic carbocycles. The maximum Gasteiger partial charge on any atom is 0.236 e. The molecule has 6 heteroatoms. The minimum atomic E-state index is -0.580. The van der Waals surface area contributed by atoms with Gasteiger partial charge in [-0.15, -0.1) is 0 Å². The molecule has 1 saturated carbocycles. The van der Waals surface area contributed by atoms with Crippen molar-refractivity contribution in [1.29, 1.82) is 0 Å². The van der Waals surface area contributed by atoms with Crippen LogP contribution in [-0.4, -0.2) is 31.9 Å². The first-order chi connectivity index (χ1) is 12.6. The molecule has 2 bridgehead atoms. The molecule has 5 rings (SSSR count). The van der Waals surface area contributed by atoms with Crippen LogP contribution in [-0.2, 0) is 22.6 Å². The third-order valence-corrected chi connectivity index (χ3v) is 6.29. The van der Waals surface area contributed by atoms with Crippen molar-refractivity contribution in [3.05, 3.63) is 59.7 Å². The van der Waals surface area contributed by atoms with Gasteiger partial charge in [-0.3, -0.25) is 19.6 Å². The van der Waals surface area contributed by atoms with E-state index in [1.54, 1.807) is 0 Å². The maximum absolute atomic E-state index is 13.0. The molecule has 0 radical (unpaired) electrons. The van der Waals surface area contributed by atoms with E-state index in [1.165, 1.54) is 4.90 Å². The number of allylic oxidation sites excluding steroid dienone is 2. The number of rotatable bonds is 4. The highest BCUT2D eigenvalue weighted by Crippen LogP contribution is 2.60. The zero-order valence-corrected chi connectivity index (χ0v) is 14.6. The number of nitrogens with zero attached hydrogens (tertiary/aromatic N) is 3. The van der Waals surface area contributed by atoms with Gasteiger partial charge in [0, 0.05) is 6.42 Å². The lowest BCUT2D eigenvalue weighted by molar-refractivity contribution is -0.143. The zero-order valence-electron chi connectivity index (χ0n) is 14.6. The Morgan fingerprint density at radius 2 is 2.04 bits per heavy atom. The average molecular weight is 348 g/mol. The molecule has 2 unspecified atom stereocenters. The molecule has 4 atom stereocenters. The summed E-state index contributed by atoms with van der Waals surface area (Å²) in [5.41, 5.74) is 0.541. The van der Waals surface area contributed by atoms with Crippen LogP contribution in [0.2, 0.25) is 0 Å². The molecule has 1 N–H and O–H groups in total. The predicted octanol–water partition coefficient (Wildman–Crippen LogP) is 2.09. The quantitative estimate of drug-likeness (QED) is 0.678. The summed E-state index contributed by atoms with van der Waals surface area (Å²) < 4.78 is 0. The van der Waals surface area contributed by atoms with E-state index in [2.05, 4.69) is 27.3 Å². The smallest absolute Gasteiger partial charge is 0.236 e. The van der Waals surface area contributed by atoms with Gasteiger partial charge in [0.1, 0.15) is 5.82 Å². The number of aromatic nitrogens is 3. The highest BCUT2D eigenvalue weighted by Gasteiger charge is 2.67. The lowest BCUT2D eigenvalue weighted by Gasteiger charge is -2.28. The second kappa shape index (κ2) is 5.37. The summed E-state index contributed by atoms with van der Waals surface area (Å²) in [6, 6.07) is 9.97. The largest absolute Gasteiger partial charge is 0.274 e. The number of hydrogen-bond acceptors (Lipinski definition) is 4. The van der Waals surface area contributed by atoms with Crippen molar-refractivity contribution < 1.29 is 9.59 Å². The number of likely N-dealkylation sites (tertiary alicyclic amines) is 1. The molecule has 1 saturated heterocycles. The Labute approximate surface area is 151 Å². The first-order valence-electron chi connectivity index (χ1n) is 9.05. The van der Waals surface area contributed by atoms with Gasteiger partial charge >= 0.3 is 0 Å². The van der Waals surface area contributed by atoms with E-state index in [9.17, 15) is 9.59 Å². The van der Waals surface area contributed by atoms with Crippen LogP contribution in [0.15, 0.2) is 42.5 Å². The Morgan fingerprint density at radius 3 is 2.81 bits per heavy atom. The molecule has 6 nitrogen and oxygen atoms in total. The topological polar surface area (TPSA) is 79.0 Å². The van der Waals surface area contributed by atoms with E-state index < -0.39 is 5.41 Å². The minimum Gasteiger partial charge on any atom is -0.274 e. The highest BCUT2D eigenvalue weighted by molar-refractivity contribution is 6.08. The SMILES string of the molecule is CC12C(=O)N(Cc3nc(Cc4ccccc4)n[nH]3)C(=O)C1[C@H]1C=C[C@@H]2C1. The van der Waals surface area contributed by atoms with E-state index in [1.807, 2.05) is 37.3 Å². The van der Waals surface area contributed by atoms with Crippen LogP contribution in [0.25, 0.3) is 0 Å². The fourth-order valence-corrected chi connectivity index (χ4v) is 4.95. The molecule has 2 aliphatic carbocycles. The number of carbonyl (C=O) groups excluding carboxylic acids is 2. The second-order valence-corrected chi connectivity index (χ2v) is 7.74. The molecule has 2 amide bonds. The number of benzene rings is 1. The third-order valence-electron chi connectivity index (χ3n) is 6.29. The van der Waals surface area contributed by atoms with E-state index in [4.69, 9.17) is 0 Å². The lowest BCUT2D eigenvalue weighted by Crippen LogP contribution is -2.37. The first kappa shape index (κ1) is 15.5. The van der Waals surface area contributed by atoms with Crippen LogP contribution >= 0.6 is 0 Å². The highest BCUT2D eigenvalue weighted by atomic mass is 16.2. The van der Waals surface area contributed by atoms with Crippen LogP contribution < -0.4 is 0 Å². The van der Waals surface area contributed by atoms with Crippen LogP contribution in [0.1, 0.15) is 30.6 Å². The number of amides is 2. The first-order valence-corrected chi connectivity index (χ1v) is 9.05. The fourth-order valence-electron chi connectivity index (χ4n) is 4.95. The van der Waals surface area contributed by atoms with Gasteiger partial charge in [-0.1, -0.05) is 42.5 Å². The van der Waals surface area contributed by atoms with E-state index in [0.29, 0.717) is 18.1 Å². The number of carbonyl (C=O) groups is 2. The third kappa shape index (κ3) is 2.04. The number of nitrogens with one attached hydrogen (secondary N) is 1. The molecule has 132 valence electrons.